The molecule has 0 aliphatic heterocycles. The Balaban J connectivity index is 2.01. The topological polar surface area (TPSA) is 93.2 Å². The monoisotopic (exact) mass is 272 g/mol. The van der Waals surface area contributed by atoms with Crippen LogP contribution >= 0.6 is 0 Å². The van der Waals surface area contributed by atoms with Crippen LogP contribution in [0.3, 0.4) is 0 Å². The van der Waals surface area contributed by atoms with Crippen LogP contribution in [0.25, 0.3) is 0 Å². The third-order valence-electron chi connectivity index (χ3n) is 2.44. The number of nitrogens with one attached hydrogen (secondary N) is 2. The highest BCUT2D eigenvalue weighted by Gasteiger charge is 2.13. The molecule has 7 nitrogen and oxygen atoms in total. The average molecular weight is 272 g/mol. The Morgan fingerprint density at radius 3 is 2.55 bits per heavy atom. The zero-order chi connectivity index (χ0) is 14.4. The number of hydrazine groups is 1. The summed E-state index contributed by atoms with van der Waals surface area (Å²) in [6.45, 7) is 0. The van der Waals surface area contributed by atoms with Crippen molar-refractivity contribution in [3.63, 3.8) is 0 Å². The quantitative estimate of drug-likeness (QED) is 0.796. The van der Waals surface area contributed by atoms with E-state index in [1.165, 1.54) is 25.7 Å². The number of hydrogen-bond acceptors (Lipinski definition) is 5. The van der Waals surface area contributed by atoms with E-state index in [0.29, 0.717) is 11.3 Å². The van der Waals surface area contributed by atoms with Gasteiger partial charge in [0.25, 0.3) is 11.8 Å². The smallest absolute Gasteiger partial charge is 0.289 e. The number of nitrogens with zero attached hydrogens (tertiary/aromatic N) is 2. The summed E-state index contributed by atoms with van der Waals surface area (Å²) in [4.78, 5) is 31.2. The molecule has 0 bridgehead atoms. The zero-order valence-electron chi connectivity index (χ0n) is 10.7. The largest absolute Gasteiger partial charge is 0.496 e. The maximum atomic E-state index is 11.9. The van der Waals surface area contributed by atoms with Crippen LogP contribution in [-0.2, 0) is 0 Å². The van der Waals surface area contributed by atoms with Gasteiger partial charge < -0.3 is 4.74 Å². The summed E-state index contributed by atoms with van der Waals surface area (Å²) in [5.41, 5.74) is 4.96. The Labute approximate surface area is 115 Å². The van der Waals surface area contributed by atoms with Crippen molar-refractivity contribution in [2.24, 2.45) is 0 Å². The number of aromatic nitrogens is 2. The van der Waals surface area contributed by atoms with E-state index in [1.807, 2.05) is 0 Å². The number of ether oxygens (including phenoxy) is 1. The molecule has 0 atom stereocenters. The first-order valence-electron chi connectivity index (χ1n) is 5.72. The lowest BCUT2D eigenvalue weighted by molar-refractivity contribution is 0.0842. The molecule has 0 aliphatic carbocycles. The second kappa shape index (κ2) is 6.28. The highest BCUT2D eigenvalue weighted by atomic mass is 16.5. The molecule has 2 amide bonds. The highest BCUT2D eigenvalue weighted by Crippen LogP contribution is 2.16. The van der Waals surface area contributed by atoms with E-state index >= 15 is 0 Å². The molecule has 0 radical (unpaired) electrons. The van der Waals surface area contributed by atoms with Gasteiger partial charge in [-0.05, 0) is 12.1 Å². The fourth-order valence-corrected chi connectivity index (χ4v) is 1.49. The molecule has 1 aromatic carbocycles. The van der Waals surface area contributed by atoms with Crippen molar-refractivity contribution in [3.8, 4) is 5.75 Å². The first kappa shape index (κ1) is 13.5. The molecule has 7 heteroatoms. The van der Waals surface area contributed by atoms with Gasteiger partial charge in [-0.15, -0.1) is 0 Å². The minimum Gasteiger partial charge on any atom is -0.496 e. The van der Waals surface area contributed by atoms with Crippen molar-refractivity contribution in [1.82, 2.24) is 20.8 Å². The minimum atomic E-state index is -0.554. The van der Waals surface area contributed by atoms with Gasteiger partial charge in [-0.25, -0.2) is 4.98 Å². The number of methoxy groups -OCH3 is 1. The maximum absolute atomic E-state index is 11.9. The molecule has 0 unspecified atom stereocenters. The molecular weight excluding hydrogens is 260 g/mol. The number of hydrogen-bond donors (Lipinski definition) is 2. The Kier molecular flexibility index (Phi) is 4.23. The van der Waals surface area contributed by atoms with Crippen LogP contribution in [-0.4, -0.2) is 28.9 Å². The number of carbonyl (C=O) groups is 2. The lowest BCUT2D eigenvalue weighted by Gasteiger charge is -2.09. The van der Waals surface area contributed by atoms with Crippen molar-refractivity contribution in [1.29, 1.82) is 0 Å². The van der Waals surface area contributed by atoms with Gasteiger partial charge >= 0.3 is 0 Å². The van der Waals surface area contributed by atoms with Crippen LogP contribution < -0.4 is 15.6 Å². The molecule has 0 saturated heterocycles. The minimum absolute atomic E-state index is 0.104. The molecule has 20 heavy (non-hydrogen) atoms. The van der Waals surface area contributed by atoms with Crippen molar-refractivity contribution in [2.75, 3.05) is 7.11 Å². The van der Waals surface area contributed by atoms with Gasteiger partial charge in [0.05, 0.1) is 18.9 Å². The highest BCUT2D eigenvalue weighted by molar-refractivity contribution is 5.99. The molecule has 2 rings (SSSR count). The summed E-state index contributed by atoms with van der Waals surface area (Å²) < 4.78 is 5.06. The molecule has 2 N–H and O–H groups in total. The van der Waals surface area contributed by atoms with Gasteiger partial charge in [-0.3, -0.25) is 25.4 Å². The maximum Gasteiger partial charge on any atom is 0.289 e. The Bertz CT molecular complexity index is 616. The second-order valence-electron chi connectivity index (χ2n) is 3.70. The molecular formula is C13H12N4O3. The fraction of sp³-hybridized carbons (Fsp3) is 0.0769. The van der Waals surface area contributed by atoms with E-state index in [1.54, 1.807) is 24.3 Å². The summed E-state index contributed by atoms with van der Waals surface area (Å²) in [6, 6.07) is 6.68. The van der Waals surface area contributed by atoms with E-state index < -0.39 is 11.8 Å². The lowest BCUT2D eigenvalue weighted by Crippen LogP contribution is -2.42. The molecule has 0 aliphatic rings. The predicted molar refractivity (Wildman–Crippen MR) is 70.0 cm³/mol. The number of carbonyl (C=O) groups excluding carboxylic acids is 2. The average Bonchev–Trinajstić information content (AvgIpc) is 2.53. The first-order valence-corrected chi connectivity index (χ1v) is 5.72. The van der Waals surface area contributed by atoms with Crippen LogP contribution in [0.2, 0.25) is 0 Å². The van der Waals surface area contributed by atoms with Crippen LogP contribution in [0.15, 0.2) is 42.9 Å². The first-order chi connectivity index (χ1) is 9.72. The van der Waals surface area contributed by atoms with Crippen molar-refractivity contribution >= 4 is 11.8 Å². The van der Waals surface area contributed by atoms with Crippen LogP contribution in [0, 0.1) is 0 Å². The molecule has 1 heterocycles. The van der Waals surface area contributed by atoms with Crippen molar-refractivity contribution in [3.05, 3.63) is 54.1 Å². The molecule has 0 fully saturated rings. The normalized spacial score (nSPS) is 9.65. The Hall–Kier alpha value is -2.96. The summed E-state index contributed by atoms with van der Waals surface area (Å²) in [5, 5.41) is 0. The molecule has 102 valence electrons. The summed E-state index contributed by atoms with van der Waals surface area (Å²) in [5.74, 6) is -0.625. The SMILES string of the molecule is COc1ccccc1C(=O)NNC(=O)c1cnccn1. The predicted octanol–water partition coefficient (Wildman–Crippen LogP) is 0.560. The molecule has 2 aromatic rings. The number of amides is 2. The van der Waals surface area contributed by atoms with E-state index in [4.69, 9.17) is 4.74 Å². The van der Waals surface area contributed by atoms with Gasteiger partial charge in [0.15, 0.2) is 0 Å². The third kappa shape index (κ3) is 3.08. The van der Waals surface area contributed by atoms with Crippen molar-refractivity contribution < 1.29 is 14.3 Å². The summed E-state index contributed by atoms with van der Waals surface area (Å²) in [6.07, 6.45) is 4.13. The van der Waals surface area contributed by atoms with Crippen LogP contribution in [0.1, 0.15) is 20.8 Å². The van der Waals surface area contributed by atoms with Crippen LogP contribution in [0.4, 0.5) is 0 Å². The lowest BCUT2D eigenvalue weighted by atomic mass is 10.2. The Morgan fingerprint density at radius 2 is 1.85 bits per heavy atom. The number of para-hydroxylation sites is 1. The molecule has 1 aromatic heterocycles. The van der Waals surface area contributed by atoms with Gasteiger partial charge in [0.1, 0.15) is 11.4 Å². The standard InChI is InChI=1S/C13H12N4O3/c1-20-11-5-3-2-4-9(11)12(18)16-17-13(19)10-8-14-6-7-15-10/h2-8H,1H3,(H,16,18)(H,17,19). The van der Waals surface area contributed by atoms with E-state index in [9.17, 15) is 9.59 Å². The second-order valence-corrected chi connectivity index (χ2v) is 3.70. The van der Waals surface area contributed by atoms with Crippen molar-refractivity contribution in [2.45, 2.75) is 0 Å². The van der Waals surface area contributed by atoms with E-state index in [0.717, 1.165) is 0 Å². The van der Waals surface area contributed by atoms with Gasteiger partial charge in [0, 0.05) is 12.4 Å². The van der Waals surface area contributed by atoms with Gasteiger partial charge in [0.2, 0.25) is 0 Å². The summed E-state index contributed by atoms with van der Waals surface area (Å²) in [7, 11) is 1.46. The van der Waals surface area contributed by atoms with Gasteiger partial charge in [-0.1, -0.05) is 12.1 Å². The molecule has 0 saturated carbocycles. The molecule has 0 spiro atoms. The van der Waals surface area contributed by atoms with Gasteiger partial charge in [-0.2, -0.15) is 0 Å². The Morgan fingerprint density at radius 1 is 1.10 bits per heavy atom. The number of benzene rings is 1. The number of rotatable bonds is 3. The van der Waals surface area contributed by atoms with E-state index in [-0.39, 0.29) is 5.69 Å². The van der Waals surface area contributed by atoms with Crippen LogP contribution in [0.5, 0.6) is 5.75 Å². The zero-order valence-corrected chi connectivity index (χ0v) is 10.7. The third-order valence-corrected chi connectivity index (χ3v) is 2.44. The van der Waals surface area contributed by atoms with E-state index in [2.05, 4.69) is 20.8 Å². The fourth-order valence-electron chi connectivity index (χ4n) is 1.49. The summed E-state index contributed by atoms with van der Waals surface area (Å²) >= 11 is 0.